The van der Waals surface area contributed by atoms with E-state index in [1.165, 1.54) is 0 Å². The molecule has 0 radical (unpaired) electrons. The van der Waals surface area contributed by atoms with Crippen LogP contribution in [0.25, 0.3) is 0 Å². The Labute approximate surface area is 123 Å². The van der Waals surface area contributed by atoms with Gasteiger partial charge in [-0.2, -0.15) is 0 Å². The number of ether oxygens (including phenoxy) is 1. The molecule has 2 heterocycles. The second-order valence-electron chi connectivity index (χ2n) is 4.86. The first-order valence-corrected chi connectivity index (χ1v) is 6.83. The minimum Gasteiger partial charge on any atom is -0.399 e. The molecule has 1 aliphatic heterocycles. The number of methoxy groups -OCH3 is 1. The zero-order valence-corrected chi connectivity index (χ0v) is 12.0. The molecule has 0 spiro atoms. The third-order valence-corrected chi connectivity index (χ3v) is 3.97. The van der Waals surface area contributed by atoms with E-state index in [2.05, 4.69) is 16.0 Å². The van der Waals surface area contributed by atoms with E-state index in [0.717, 1.165) is 28.5 Å². The van der Waals surface area contributed by atoms with Crippen LogP contribution in [0.3, 0.4) is 0 Å². The van der Waals surface area contributed by atoms with Crippen molar-refractivity contribution in [2.24, 2.45) is 0 Å². The first kappa shape index (κ1) is 13.2. The van der Waals surface area contributed by atoms with Gasteiger partial charge in [0.05, 0.1) is 12.6 Å². The third kappa shape index (κ3) is 2.32. The Morgan fingerprint density at radius 3 is 3.00 bits per heavy atom. The van der Waals surface area contributed by atoms with E-state index in [4.69, 9.17) is 22.1 Å². The number of pyridine rings is 1. The molecular weight excluding hydrogens is 274 g/mol. The summed E-state index contributed by atoms with van der Waals surface area (Å²) in [6, 6.07) is 9.58. The molecule has 20 heavy (non-hydrogen) atoms. The largest absolute Gasteiger partial charge is 0.399 e. The lowest BCUT2D eigenvalue weighted by Crippen LogP contribution is -2.35. The highest BCUT2D eigenvalue weighted by Crippen LogP contribution is 2.35. The zero-order valence-electron chi connectivity index (χ0n) is 11.2. The normalized spacial score (nSPS) is 17.9. The summed E-state index contributed by atoms with van der Waals surface area (Å²) in [6.07, 6.45) is 1.70. The second-order valence-corrected chi connectivity index (χ2v) is 5.27. The molecular formula is C15H16ClN3O. The Morgan fingerprint density at radius 1 is 1.40 bits per heavy atom. The van der Waals surface area contributed by atoms with Gasteiger partial charge in [0.25, 0.3) is 0 Å². The Bertz CT molecular complexity index is 632. The summed E-state index contributed by atoms with van der Waals surface area (Å²) in [5.74, 6) is 0.845. The van der Waals surface area contributed by atoms with E-state index < -0.39 is 0 Å². The highest BCUT2D eigenvalue weighted by molar-refractivity contribution is 6.31. The van der Waals surface area contributed by atoms with E-state index in [-0.39, 0.29) is 6.10 Å². The first-order valence-electron chi connectivity index (χ1n) is 6.45. The van der Waals surface area contributed by atoms with Gasteiger partial charge < -0.3 is 15.4 Å². The quantitative estimate of drug-likeness (QED) is 0.923. The number of nitrogens with zero attached hydrogens (tertiary/aromatic N) is 2. The van der Waals surface area contributed by atoms with E-state index in [0.29, 0.717) is 12.2 Å². The number of halogens is 1. The summed E-state index contributed by atoms with van der Waals surface area (Å²) in [7, 11) is 1.71. The molecule has 0 saturated carbocycles. The molecule has 1 atom stereocenters. The fraction of sp³-hybridized carbons (Fsp3) is 0.267. The molecule has 104 valence electrons. The van der Waals surface area contributed by atoms with Gasteiger partial charge in [-0.1, -0.05) is 23.7 Å². The molecule has 0 aliphatic carbocycles. The van der Waals surface area contributed by atoms with E-state index in [9.17, 15) is 0 Å². The van der Waals surface area contributed by atoms with Crippen LogP contribution in [-0.2, 0) is 11.3 Å². The average molecular weight is 290 g/mol. The molecule has 0 saturated heterocycles. The van der Waals surface area contributed by atoms with Crippen LogP contribution in [0.1, 0.15) is 17.2 Å². The SMILES string of the molecule is COC1CN(c2cc(N)ccn2)Cc2c(Cl)cccc21. The van der Waals surface area contributed by atoms with Crippen molar-refractivity contribution in [1.82, 2.24) is 4.98 Å². The highest BCUT2D eigenvalue weighted by Gasteiger charge is 2.27. The standard InChI is InChI=1S/C15H16ClN3O/c1-20-14-9-19(15-7-10(17)5-6-18-15)8-12-11(14)3-2-4-13(12)16/h2-7,14H,8-9H2,1H3,(H2,17,18). The van der Waals surface area contributed by atoms with Crippen molar-refractivity contribution >= 4 is 23.1 Å². The molecule has 1 aromatic carbocycles. The number of aromatic nitrogens is 1. The second kappa shape index (κ2) is 5.31. The minimum atomic E-state index is -0.0133. The van der Waals surface area contributed by atoms with Gasteiger partial charge in [0.1, 0.15) is 5.82 Å². The van der Waals surface area contributed by atoms with Crippen molar-refractivity contribution < 1.29 is 4.74 Å². The maximum absolute atomic E-state index is 6.32. The van der Waals surface area contributed by atoms with Crippen molar-refractivity contribution in [1.29, 1.82) is 0 Å². The van der Waals surface area contributed by atoms with E-state index in [1.54, 1.807) is 19.4 Å². The summed E-state index contributed by atoms with van der Waals surface area (Å²) in [5.41, 5.74) is 8.78. The van der Waals surface area contributed by atoms with Gasteiger partial charge in [0, 0.05) is 36.6 Å². The van der Waals surface area contributed by atoms with Crippen LogP contribution in [0.5, 0.6) is 0 Å². The zero-order chi connectivity index (χ0) is 14.1. The van der Waals surface area contributed by atoms with Crippen molar-refractivity contribution in [2.45, 2.75) is 12.6 Å². The van der Waals surface area contributed by atoms with Crippen LogP contribution >= 0.6 is 11.6 Å². The van der Waals surface area contributed by atoms with E-state index in [1.807, 2.05) is 18.2 Å². The molecule has 1 aromatic heterocycles. The third-order valence-electron chi connectivity index (χ3n) is 3.62. The predicted octanol–water partition coefficient (Wildman–Crippen LogP) is 3.02. The average Bonchev–Trinajstić information content (AvgIpc) is 2.47. The molecule has 2 N–H and O–H groups in total. The van der Waals surface area contributed by atoms with Gasteiger partial charge in [-0.05, 0) is 23.3 Å². The Balaban J connectivity index is 2.00. The summed E-state index contributed by atoms with van der Waals surface area (Å²) in [6.45, 7) is 1.45. The van der Waals surface area contributed by atoms with Gasteiger partial charge in [-0.3, -0.25) is 0 Å². The van der Waals surface area contributed by atoms with Crippen LogP contribution in [0.4, 0.5) is 11.5 Å². The van der Waals surface area contributed by atoms with Crippen molar-refractivity contribution in [3.8, 4) is 0 Å². The monoisotopic (exact) mass is 289 g/mol. The smallest absolute Gasteiger partial charge is 0.130 e. The Morgan fingerprint density at radius 2 is 2.25 bits per heavy atom. The number of hydrogen-bond donors (Lipinski definition) is 1. The summed E-state index contributed by atoms with van der Waals surface area (Å²) < 4.78 is 5.60. The van der Waals surface area contributed by atoms with Crippen LogP contribution < -0.4 is 10.6 Å². The van der Waals surface area contributed by atoms with Gasteiger partial charge in [0.15, 0.2) is 0 Å². The van der Waals surface area contributed by atoms with Gasteiger partial charge in [-0.25, -0.2) is 4.98 Å². The van der Waals surface area contributed by atoms with Crippen LogP contribution in [0, 0.1) is 0 Å². The van der Waals surface area contributed by atoms with Crippen molar-refractivity contribution in [3.63, 3.8) is 0 Å². The van der Waals surface area contributed by atoms with Crippen LogP contribution in [-0.4, -0.2) is 18.6 Å². The number of hydrogen-bond acceptors (Lipinski definition) is 4. The lowest BCUT2D eigenvalue weighted by Gasteiger charge is -2.35. The molecule has 2 aromatic rings. The lowest BCUT2D eigenvalue weighted by molar-refractivity contribution is 0.103. The summed E-state index contributed by atoms with van der Waals surface area (Å²) >= 11 is 6.32. The maximum Gasteiger partial charge on any atom is 0.130 e. The molecule has 4 nitrogen and oxygen atoms in total. The molecule has 1 aliphatic rings. The minimum absolute atomic E-state index is 0.0133. The molecule has 0 bridgehead atoms. The lowest BCUT2D eigenvalue weighted by atomic mass is 9.97. The summed E-state index contributed by atoms with van der Waals surface area (Å²) in [4.78, 5) is 6.52. The van der Waals surface area contributed by atoms with Crippen LogP contribution in [0.15, 0.2) is 36.5 Å². The fourth-order valence-electron chi connectivity index (χ4n) is 2.58. The van der Waals surface area contributed by atoms with Gasteiger partial charge in [-0.15, -0.1) is 0 Å². The molecule has 0 fully saturated rings. The molecule has 3 rings (SSSR count). The van der Waals surface area contributed by atoms with Gasteiger partial charge >= 0.3 is 0 Å². The number of fused-ring (bicyclic) bond motifs is 1. The predicted molar refractivity (Wildman–Crippen MR) is 80.9 cm³/mol. The first-order chi connectivity index (χ1) is 9.69. The number of nitrogens with two attached hydrogens (primary N) is 1. The van der Waals surface area contributed by atoms with Crippen molar-refractivity contribution in [2.75, 3.05) is 24.3 Å². The Kier molecular flexibility index (Phi) is 3.51. The fourth-order valence-corrected chi connectivity index (χ4v) is 2.82. The number of rotatable bonds is 2. The molecule has 1 unspecified atom stereocenters. The highest BCUT2D eigenvalue weighted by atomic mass is 35.5. The van der Waals surface area contributed by atoms with Crippen molar-refractivity contribution in [3.05, 3.63) is 52.7 Å². The number of nitrogen functional groups attached to an aromatic ring is 1. The topological polar surface area (TPSA) is 51.4 Å². The maximum atomic E-state index is 6.32. The number of anilines is 2. The number of benzene rings is 1. The Hall–Kier alpha value is -1.78. The van der Waals surface area contributed by atoms with E-state index >= 15 is 0 Å². The summed E-state index contributed by atoms with van der Waals surface area (Å²) in [5, 5.41) is 0.762. The molecule has 5 heteroatoms. The van der Waals surface area contributed by atoms with Gasteiger partial charge in [0.2, 0.25) is 0 Å². The molecule has 0 amide bonds. The van der Waals surface area contributed by atoms with Crippen LogP contribution in [0.2, 0.25) is 5.02 Å².